The van der Waals surface area contributed by atoms with Crippen LogP contribution in [0.25, 0.3) is 11.3 Å². The van der Waals surface area contributed by atoms with Crippen LogP contribution in [0.1, 0.15) is 15.4 Å². The minimum atomic E-state index is -0.437. The number of carbonyl (C=O) groups excluding carboxylic acids is 1. The van der Waals surface area contributed by atoms with E-state index in [4.69, 9.17) is 11.6 Å². The molecule has 1 amide bonds. The second kappa shape index (κ2) is 6.31. The molecule has 3 rings (SSSR count). The second-order valence-electron chi connectivity index (χ2n) is 4.69. The fraction of sp³-hybridized carbons (Fsp3) is 0.0667. The van der Waals surface area contributed by atoms with Crippen LogP contribution in [0.2, 0.25) is 5.02 Å². The lowest BCUT2D eigenvalue weighted by molar-refractivity contribution is 0.102. The number of benzene rings is 1. The molecule has 0 aliphatic rings. The highest BCUT2D eigenvalue weighted by Gasteiger charge is 2.14. The van der Waals surface area contributed by atoms with Crippen LogP contribution in [-0.2, 0) is 0 Å². The zero-order valence-electron chi connectivity index (χ0n) is 12.0. The van der Waals surface area contributed by atoms with E-state index in [9.17, 15) is 9.59 Å². The van der Waals surface area contributed by atoms with E-state index in [1.807, 2.05) is 25.1 Å². The van der Waals surface area contributed by atoms with Gasteiger partial charge in [-0.2, -0.15) is 5.10 Å². The molecular formula is C15H11ClN4O2S. The third-order valence-corrected chi connectivity index (χ3v) is 4.15. The highest BCUT2D eigenvalue weighted by molar-refractivity contribution is 7.16. The number of aryl methyl sites for hydroxylation is 1. The van der Waals surface area contributed by atoms with Crippen LogP contribution < -0.4 is 10.9 Å². The summed E-state index contributed by atoms with van der Waals surface area (Å²) >= 11 is 7.35. The van der Waals surface area contributed by atoms with Gasteiger partial charge in [0.05, 0.1) is 5.69 Å². The Labute approximate surface area is 140 Å². The largest absolute Gasteiger partial charge is 0.296 e. The Morgan fingerprint density at radius 3 is 2.83 bits per heavy atom. The number of nitrogens with one attached hydrogen (secondary N) is 2. The quantitative estimate of drug-likeness (QED) is 0.762. The minimum Gasteiger partial charge on any atom is -0.296 e. The van der Waals surface area contributed by atoms with Crippen LogP contribution in [0.3, 0.4) is 0 Å². The fourth-order valence-corrected chi connectivity index (χ4v) is 3.01. The standard InChI is InChI=1S/C15H11ClN4O2S/c1-8-13(9-3-2-4-10(16)7-9)17-15(23-8)18-14(22)11-5-6-12(21)20-19-11/h2-7H,1H3,(H,20,21)(H,17,18,22). The molecule has 0 unspecified atom stereocenters. The van der Waals surface area contributed by atoms with Crippen LogP contribution in [0.15, 0.2) is 41.2 Å². The molecule has 2 aromatic heterocycles. The van der Waals surface area contributed by atoms with Gasteiger partial charge in [0, 0.05) is 21.5 Å². The van der Waals surface area contributed by atoms with Crippen molar-refractivity contribution in [2.75, 3.05) is 5.32 Å². The molecule has 0 spiro atoms. The predicted molar refractivity (Wildman–Crippen MR) is 90.1 cm³/mol. The summed E-state index contributed by atoms with van der Waals surface area (Å²) in [4.78, 5) is 28.4. The fourth-order valence-electron chi connectivity index (χ4n) is 1.99. The molecule has 0 atom stereocenters. The highest BCUT2D eigenvalue weighted by Crippen LogP contribution is 2.31. The van der Waals surface area contributed by atoms with Crippen molar-refractivity contribution in [3.8, 4) is 11.3 Å². The van der Waals surface area contributed by atoms with Gasteiger partial charge in [-0.3, -0.25) is 14.9 Å². The lowest BCUT2D eigenvalue weighted by atomic mass is 10.1. The minimum absolute atomic E-state index is 0.113. The van der Waals surface area contributed by atoms with Gasteiger partial charge in [-0.25, -0.2) is 10.1 Å². The van der Waals surface area contributed by atoms with Gasteiger partial charge in [0.15, 0.2) is 5.13 Å². The Morgan fingerprint density at radius 1 is 1.30 bits per heavy atom. The summed E-state index contributed by atoms with van der Waals surface area (Å²) in [6.07, 6.45) is 0. The van der Waals surface area contributed by atoms with Gasteiger partial charge in [-0.15, -0.1) is 11.3 Å². The number of amides is 1. The topological polar surface area (TPSA) is 87.7 Å². The molecule has 6 nitrogen and oxygen atoms in total. The summed E-state index contributed by atoms with van der Waals surface area (Å²) in [6.45, 7) is 1.92. The van der Waals surface area contributed by atoms with Crippen LogP contribution in [-0.4, -0.2) is 21.1 Å². The molecule has 0 bridgehead atoms. The zero-order chi connectivity index (χ0) is 16.4. The molecule has 0 aliphatic carbocycles. The number of nitrogens with zero attached hydrogens (tertiary/aromatic N) is 2. The normalized spacial score (nSPS) is 10.5. The Kier molecular flexibility index (Phi) is 4.22. The van der Waals surface area contributed by atoms with E-state index in [1.54, 1.807) is 6.07 Å². The van der Waals surface area contributed by atoms with E-state index < -0.39 is 5.91 Å². The molecule has 0 saturated heterocycles. The Balaban J connectivity index is 1.85. The molecule has 0 fully saturated rings. The maximum Gasteiger partial charge on any atom is 0.277 e. The Morgan fingerprint density at radius 2 is 2.13 bits per heavy atom. The molecule has 2 N–H and O–H groups in total. The first-order chi connectivity index (χ1) is 11.0. The number of halogens is 1. The van der Waals surface area contributed by atoms with Crippen molar-refractivity contribution in [1.29, 1.82) is 0 Å². The van der Waals surface area contributed by atoms with Crippen molar-refractivity contribution in [3.05, 3.63) is 62.3 Å². The molecule has 23 heavy (non-hydrogen) atoms. The zero-order valence-corrected chi connectivity index (χ0v) is 13.5. The van der Waals surface area contributed by atoms with Gasteiger partial charge < -0.3 is 0 Å². The lowest BCUT2D eigenvalue weighted by Crippen LogP contribution is -2.17. The van der Waals surface area contributed by atoms with Crippen molar-refractivity contribution in [1.82, 2.24) is 15.2 Å². The summed E-state index contributed by atoms with van der Waals surface area (Å²) in [5, 5.41) is 9.65. The van der Waals surface area contributed by atoms with Crippen molar-refractivity contribution in [3.63, 3.8) is 0 Å². The summed E-state index contributed by atoms with van der Waals surface area (Å²) in [5.74, 6) is -0.437. The summed E-state index contributed by atoms with van der Waals surface area (Å²) in [7, 11) is 0. The first-order valence-electron chi connectivity index (χ1n) is 6.63. The van der Waals surface area contributed by atoms with Gasteiger partial charge in [-0.05, 0) is 25.1 Å². The van der Waals surface area contributed by atoms with E-state index >= 15 is 0 Å². The van der Waals surface area contributed by atoms with E-state index in [2.05, 4.69) is 20.5 Å². The number of aromatic amines is 1. The molecule has 2 heterocycles. The van der Waals surface area contributed by atoms with Crippen molar-refractivity contribution < 1.29 is 4.79 Å². The third kappa shape index (κ3) is 3.46. The van der Waals surface area contributed by atoms with E-state index in [0.717, 1.165) is 16.1 Å². The monoisotopic (exact) mass is 346 g/mol. The molecule has 116 valence electrons. The lowest BCUT2D eigenvalue weighted by Gasteiger charge is -2.00. The van der Waals surface area contributed by atoms with Gasteiger partial charge >= 0.3 is 0 Å². The molecule has 3 aromatic rings. The van der Waals surface area contributed by atoms with Crippen LogP contribution in [0.4, 0.5) is 5.13 Å². The molecule has 1 aromatic carbocycles. The van der Waals surface area contributed by atoms with E-state index in [-0.39, 0.29) is 11.3 Å². The smallest absolute Gasteiger partial charge is 0.277 e. The number of carbonyl (C=O) groups is 1. The van der Waals surface area contributed by atoms with Crippen molar-refractivity contribution >= 4 is 34.0 Å². The van der Waals surface area contributed by atoms with Crippen molar-refractivity contribution in [2.24, 2.45) is 0 Å². The predicted octanol–water partition coefficient (Wildman–Crippen LogP) is 3.11. The number of rotatable bonds is 3. The highest BCUT2D eigenvalue weighted by atomic mass is 35.5. The van der Waals surface area contributed by atoms with Gasteiger partial charge in [0.25, 0.3) is 11.5 Å². The average molecular weight is 347 g/mol. The van der Waals surface area contributed by atoms with Gasteiger partial charge in [-0.1, -0.05) is 23.7 Å². The number of hydrogen-bond donors (Lipinski definition) is 2. The molecule has 8 heteroatoms. The number of aromatic nitrogens is 3. The van der Waals surface area contributed by atoms with Crippen LogP contribution in [0.5, 0.6) is 0 Å². The molecular weight excluding hydrogens is 336 g/mol. The van der Waals surface area contributed by atoms with Crippen molar-refractivity contribution in [2.45, 2.75) is 6.92 Å². The Bertz CT molecular complexity index is 915. The van der Waals surface area contributed by atoms with Gasteiger partial charge in [0.2, 0.25) is 0 Å². The maximum absolute atomic E-state index is 12.1. The number of H-pyrrole nitrogens is 1. The average Bonchev–Trinajstić information content (AvgIpc) is 2.88. The SMILES string of the molecule is Cc1sc(NC(=O)c2ccc(=O)[nH]n2)nc1-c1cccc(Cl)c1. The summed E-state index contributed by atoms with van der Waals surface area (Å²) < 4.78 is 0. The van der Waals surface area contributed by atoms with Crippen LogP contribution in [0, 0.1) is 6.92 Å². The third-order valence-electron chi connectivity index (χ3n) is 3.03. The number of thiazole rings is 1. The summed E-state index contributed by atoms with van der Waals surface area (Å²) in [6, 6.07) is 9.96. The van der Waals surface area contributed by atoms with Crippen LogP contribution >= 0.6 is 22.9 Å². The summed E-state index contributed by atoms with van der Waals surface area (Å²) in [5.41, 5.74) is 1.40. The molecule has 0 radical (unpaired) electrons. The van der Waals surface area contributed by atoms with E-state index in [1.165, 1.54) is 23.5 Å². The molecule has 0 saturated carbocycles. The number of hydrogen-bond acceptors (Lipinski definition) is 5. The maximum atomic E-state index is 12.1. The second-order valence-corrected chi connectivity index (χ2v) is 6.33. The molecule has 0 aliphatic heterocycles. The van der Waals surface area contributed by atoms with Gasteiger partial charge in [0.1, 0.15) is 5.69 Å². The van der Waals surface area contributed by atoms with E-state index in [0.29, 0.717) is 10.2 Å². The first-order valence-corrected chi connectivity index (χ1v) is 7.83. The first kappa shape index (κ1) is 15.4. The number of anilines is 1. The Hall–Kier alpha value is -2.51.